The summed E-state index contributed by atoms with van der Waals surface area (Å²) >= 11 is 7.50. The molecule has 0 unspecified atom stereocenters. The summed E-state index contributed by atoms with van der Waals surface area (Å²) in [5.74, 6) is 1.76. The number of nitrogens with zero attached hydrogens (tertiary/aromatic N) is 3. The van der Waals surface area contributed by atoms with E-state index in [0.29, 0.717) is 29.5 Å². The van der Waals surface area contributed by atoms with E-state index in [4.69, 9.17) is 16.3 Å². The molecule has 0 spiro atoms. The van der Waals surface area contributed by atoms with Crippen molar-refractivity contribution in [2.24, 2.45) is 0 Å². The minimum Gasteiger partial charge on any atom is -0.486 e. The van der Waals surface area contributed by atoms with E-state index in [-0.39, 0.29) is 5.82 Å². The van der Waals surface area contributed by atoms with Gasteiger partial charge in [-0.15, -0.1) is 10.2 Å². The van der Waals surface area contributed by atoms with Crippen LogP contribution in [0.2, 0.25) is 5.02 Å². The number of hydrogen-bond acceptors (Lipinski definition) is 4. The lowest BCUT2D eigenvalue weighted by molar-refractivity contribution is 0.288. The average molecular weight is 392 g/mol. The number of hydrogen-bond donors (Lipinski definition) is 0. The Morgan fingerprint density at radius 3 is 2.73 bits per heavy atom. The molecule has 0 aliphatic carbocycles. The van der Waals surface area contributed by atoms with Gasteiger partial charge in [-0.05, 0) is 49.2 Å². The molecule has 136 valence electrons. The maximum atomic E-state index is 13.8. The van der Waals surface area contributed by atoms with Crippen molar-refractivity contribution in [1.29, 1.82) is 0 Å². The lowest BCUT2D eigenvalue weighted by atomic mass is 10.2. The van der Waals surface area contributed by atoms with Gasteiger partial charge in [-0.25, -0.2) is 4.39 Å². The molecule has 4 nitrogen and oxygen atoms in total. The van der Waals surface area contributed by atoms with Crippen LogP contribution >= 0.6 is 23.4 Å². The Balaban J connectivity index is 1.67. The second kappa shape index (κ2) is 8.56. The predicted octanol–water partition coefficient (Wildman–Crippen LogP) is 5.27. The Morgan fingerprint density at radius 2 is 2.00 bits per heavy atom. The van der Waals surface area contributed by atoms with Crippen LogP contribution in [0.1, 0.15) is 23.9 Å². The van der Waals surface area contributed by atoms with Crippen molar-refractivity contribution in [3.05, 3.63) is 70.3 Å². The van der Waals surface area contributed by atoms with Crippen LogP contribution < -0.4 is 4.74 Å². The molecule has 0 N–H and O–H groups in total. The number of aromatic nitrogens is 3. The first kappa shape index (κ1) is 18.7. The third-order valence-electron chi connectivity index (χ3n) is 3.92. The molecule has 2 aromatic carbocycles. The molecule has 0 aliphatic rings. The summed E-state index contributed by atoms with van der Waals surface area (Å²) in [6.07, 6.45) is 0. The quantitative estimate of drug-likeness (QED) is 0.514. The highest BCUT2D eigenvalue weighted by Gasteiger charge is 2.13. The predicted molar refractivity (Wildman–Crippen MR) is 102 cm³/mol. The minimum atomic E-state index is -0.204. The first-order valence-corrected chi connectivity index (χ1v) is 9.62. The van der Waals surface area contributed by atoms with Crippen molar-refractivity contribution in [3.8, 4) is 5.75 Å². The summed E-state index contributed by atoms with van der Waals surface area (Å²) in [7, 11) is 0. The second-order valence-corrected chi connectivity index (χ2v) is 7.07. The van der Waals surface area contributed by atoms with E-state index in [1.165, 1.54) is 17.8 Å². The van der Waals surface area contributed by atoms with E-state index in [0.717, 1.165) is 22.3 Å². The molecule has 26 heavy (non-hydrogen) atoms. The highest BCUT2D eigenvalue weighted by molar-refractivity contribution is 7.98. The van der Waals surface area contributed by atoms with Crippen molar-refractivity contribution in [1.82, 2.24) is 14.8 Å². The van der Waals surface area contributed by atoms with Crippen LogP contribution in [0.3, 0.4) is 0 Å². The fourth-order valence-electron chi connectivity index (χ4n) is 2.46. The smallest absolute Gasteiger partial charge is 0.191 e. The number of rotatable bonds is 7. The lowest BCUT2D eigenvalue weighted by Gasteiger charge is -2.10. The zero-order chi connectivity index (χ0) is 18.5. The number of benzene rings is 2. The van der Waals surface area contributed by atoms with Crippen molar-refractivity contribution in [2.45, 2.75) is 37.9 Å². The lowest BCUT2D eigenvalue weighted by Crippen LogP contribution is -2.07. The number of halogens is 2. The van der Waals surface area contributed by atoms with Gasteiger partial charge in [0.25, 0.3) is 0 Å². The van der Waals surface area contributed by atoms with Crippen molar-refractivity contribution in [2.75, 3.05) is 0 Å². The largest absolute Gasteiger partial charge is 0.486 e. The van der Waals surface area contributed by atoms with Crippen molar-refractivity contribution in [3.63, 3.8) is 0 Å². The van der Waals surface area contributed by atoms with E-state index in [9.17, 15) is 4.39 Å². The molecule has 0 atom stereocenters. The van der Waals surface area contributed by atoms with Gasteiger partial charge in [-0.2, -0.15) is 0 Å². The molecule has 3 aromatic rings. The minimum absolute atomic E-state index is 0.204. The fourth-order valence-corrected chi connectivity index (χ4v) is 3.59. The van der Waals surface area contributed by atoms with Crippen molar-refractivity contribution >= 4 is 23.4 Å². The van der Waals surface area contributed by atoms with Crippen LogP contribution in [0.25, 0.3) is 0 Å². The molecule has 0 amide bonds. The second-order valence-electron chi connectivity index (χ2n) is 5.72. The van der Waals surface area contributed by atoms with Crippen LogP contribution in [0.5, 0.6) is 5.75 Å². The summed E-state index contributed by atoms with van der Waals surface area (Å²) < 4.78 is 21.6. The molecule has 0 radical (unpaired) electrons. The van der Waals surface area contributed by atoms with Gasteiger partial charge in [0.05, 0.1) is 0 Å². The normalized spacial score (nSPS) is 10.9. The summed E-state index contributed by atoms with van der Waals surface area (Å²) in [5, 5.41) is 9.91. The summed E-state index contributed by atoms with van der Waals surface area (Å²) in [4.78, 5) is 0. The topological polar surface area (TPSA) is 39.9 Å². The van der Waals surface area contributed by atoms with Crippen molar-refractivity contribution < 1.29 is 9.13 Å². The first-order valence-electron chi connectivity index (χ1n) is 8.25. The summed E-state index contributed by atoms with van der Waals surface area (Å²) in [5.41, 5.74) is 1.61. The van der Waals surface area contributed by atoms with E-state index >= 15 is 0 Å². The van der Waals surface area contributed by atoms with E-state index in [1.807, 2.05) is 42.7 Å². The SMILES string of the molecule is CCn1c(COc2ccc(Cl)c(C)c2)nnc1SCc1ccccc1F. The Bertz CT molecular complexity index is 900. The fraction of sp³-hybridized carbons (Fsp3) is 0.263. The molecular weight excluding hydrogens is 373 g/mol. The number of thioether (sulfide) groups is 1. The highest BCUT2D eigenvalue weighted by Crippen LogP contribution is 2.25. The van der Waals surface area contributed by atoms with Gasteiger partial charge in [0.15, 0.2) is 11.0 Å². The zero-order valence-electron chi connectivity index (χ0n) is 14.6. The monoisotopic (exact) mass is 391 g/mol. The maximum Gasteiger partial charge on any atom is 0.191 e. The van der Waals surface area contributed by atoms with Crippen LogP contribution in [0.4, 0.5) is 4.39 Å². The Hall–Kier alpha value is -2.05. The van der Waals surface area contributed by atoms with Crippen LogP contribution in [0.15, 0.2) is 47.6 Å². The van der Waals surface area contributed by atoms with E-state index in [2.05, 4.69) is 10.2 Å². The van der Waals surface area contributed by atoms with Gasteiger partial charge in [-0.3, -0.25) is 0 Å². The molecule has 0 aliphatic heterocycles. The molecule has 0 bridgehead atoms. The molecule has 7 heteroatoms. The van der Waals surface area contributed by atoms with Crippen LogP contribution in [-0.4, -0.2) is 14.8 Å². The van der Waals surface area contributed by atoms with Gasteiger partial charge in [0, 0.05) is 17.3 Å². The third kappa shape index (κ3) is 4.37. The van der Waals surface area contributed by atoms with Gasteiger partial charge >= 0.3 is 0 Å². The van der Waals surface area contributed by atoms with Crippen LogP contribution in [0, 0.1) is 12.7 Å². The van der Waals surface area contributed by atoms with Gasteiger partial charge < -0.3 is 9.30 Å². The third-order valence-corrected chi connectivity index (χ3v) is 5.36. The van der Waals surface area contributed by atoms with Gasteiger partial charge in [0.1, 0.15) is 18.2 Å². The standard InChI is InChI=1S/C19H19ClFN3OS/c1-3-24-18(11-25-15-8-9-16(20)13(2)10-15)22-23-19(24)26-12-14-6-4-5-7-17(14)21/h4-10H,3,11-12H2,1-2H3. The Kier molecular flexibility index (Phi) is 6.16. The van der Waals surface area contributed by atoms with E-state index < -0.39 is 0 Å². The average Bonchev–Trinajstić information content (AvgIpc) is 3.04. The number of ether oxygens (including phenoxy) is 1. The zero-order valence-corrected chi connectivity index (χ0v) is 16.1. The molecule has 0 fully saturated rings. The molecular formula is C19H19ClFN3OS. The number of aryl methyl sites for hydroxylation is 1. The molecule has 1 heterocycles. The van der Waals surface area contributed by atoms with Crippen LogP contribution in [-0.2, 0) is 18.9 Å². The maximum absolute atomic E-state index is 13.8. The Morgan fingerprint density at radius 1 is 1.19 bits per heavy atom. The molecule has 1 aromatic heterocycles. The Labute approximate surface area is 161 Å². The van der Waals surface area contributed by atoms with E-state index in [1.54, 1.807) is 12.1 Å². The first-order chi connectivity index (χ1) is 12.6. The summed E-state index contributed by atoms with van der Waals surface area (Å²) in [6, 6.07) is 12.3. The summed E-state index contributed by atoms with van der Waals surface area (Å²) in [6.45, 7) is 4.97. The molecule has 0 saturated heterocycles. The molecule has 3 rings (SSSR count). The highest BCUT2D eigenvalue weighted by atomic mass is 35.5. The molecule has 0 saturated carbocycles. The van der Waals surface area contributed by atoms with Gasteiger partial charge in [0.2, 0.25) is 0 Å². The van der Waals surface area contributed by atoms with Gasteiger partial charge in [-0.1, -0.05) is 41.6 Å².